The van der Waals surface area contributed by atoms with Crippen molar-refractivity contribution in [2.24, 2.45) is 10.9 Å². The van der Waals surface area contributed by atoms with Gasteiger partial charge >= 0.3 is 5.97 Å². The first-order valence-electron chi connectivity index (χ1n) is 6.12. The number of thioether (sulfide) groups is 1. The summed E-state index contributed by atoms with van der Waals surface area (Å²) in [5.74, 6) is 0.238. The first-order valence-corrected chi connectivity index (χ1v) is 7.00. The smallest absolute Gasteiger partial charge is 0.328 e. The van der Waals surface area contributed by atoms with Gasteiger partial charge in [-0.15, -0.1) is 0 Å². The summed E-state index contributed by atoms with van der Waals surface area (Å²) in [5, 5.41) is 4.63. The number of nitrogens with zero attached hydrogens (tertiary/aromatic N) is 1. The second-order valence-electron chi connectivity index (χ2n) is 4.64. The summed E-state index contributed by atoms with van der Waals surface area (Å²) in [4.78, 5) is 16.0. The van der Waals surface area contributed by atoms with Crippen LogP contribution < -0.4 is 5.32 Å². The molecule has 0 amide bonds. The van der Waals surface area contributed by atoms with Gasteiger partial charge in [0.05, 0.1) is 13.7 Å². The van der Waals surface area contributed by atoms with E-state index in [-0.39, 0.29) is 12.0 Å². The van der Waals surface area contributed by atoms with Crippen LogP contribution in [-0.2, 0) is 9.53 Å². The van der Waals surface area contributed by atoms with Crippen LogP contribution in [0.3, 0.4) is 0 Å². The van der Waals surface area contributed by atoms with Gasteiger partial charge in [-0.3, -0.25) is 4.99 Å². The van der Waals surface area contributed by atoms with Crippen LogP contribution in [0, 0.1) is 5.92 Å². The van der Waals surface area contributed by atoms with Crippen molar-refractivity contribution < 1.29 is 9.53 Å². The van der Waals surface area contributed by atoms with Gasteiger partial charge < -0.3 is 10.1 Å². The third-order valence-electron chi connectivity index (χ3n) is 2.66. The third kappa shape index (κ3) is 4.58. The number of carbonyl (C=O) groups excluding carboxylic acids is 1. The van der Waals surface area contributed by atoms with Crippen LogP contribution in [0.15, 0.2) is 4.99 Å². The summed E-state index contributed by atoms with van der Waals surface area (Å²) < 4.78 is 4.81. The lowest BCUT2D eigenvalue weighted by molar-refractivity contribution is -0.143. The zero-order valence-electron chi connectivity index (χ0n) is 11.0. The minimum absolute atomic E-state index is 0.207. The van der Waals surface area contributed by atoms with Crippen LogP contribution in [0.25, 0.3) is 0 Å². The number of nitrogens with one attached hydrogen (secondary N) is 1. The molecular formula is C12H22N2O2S. The first-order chi connectivity index (χ1) is 8.06. The van der Waals surface area contributed by atoms with Crippen LogP contribution in [-0.4, -0.2) is 36.1 Å². The number of hydrogen-bond donors (Lipinski definition) is 1. The van der Waals surface area contributed by atoms with Crippen molar-refractivity contribution >= 4 is 22.9 Å². The van der Waals surface area contributed by atoms with Crippen LogP contribution in [0.1, 0.15) is 33.6 Å². The summed E-state index contributed by atoms with van der Waals surface area (Å²) >= 11 is 1.73. The van der Waals surface area contributed by atoms with Gasteiger partial charge in [0.1, 0.15) is 6.04 Å². The Labute approximate surface area is 108 Å². The second kappa shape index (κ2) is 6.89. The second-order valence-corrected chi connectivity index (χ2v) is 5.93. The fourth-order valence-electron chi connectivity index (χ4n) is 1.69. The molecule has 5 heteroatoms. The Morgan fingerprint density at radius 1 is 1.65 bits per heavy atom. The number of rotatable bonds is 5. The van der Waals surface area contributed by atoms with Crippen LogP contribution in [0.5, 0.6) is 0 Å². The summed E-state index contributed by atoms with van der Waals surface area (Å²) in [6.07, 6.45) is 1.87. The molecule has 0 aromatic carbocycles. The highest BCUT2D eigenvalue weighted by Gasteiger charge is 2.25. The number of aliphatic imine (C=N–C) groups is 1. The number of methoxy groups -OCH3 is 1. The molecule has 1 aliphatic rings. The molecule has 2 atom stereocenters. The van der Waals surface area contributed by atoms with E-state index in [0.29, 0.717) is 11.2 Å². The van der Waals surface area contributed by atoms with E-state index in [4.69, 9.17) is 4.74 Å². The average Bonchev–Trinajstić information content (AvgIpc) is 2.74. The molecule has 0 bridgehead atoms. The van der Waals surface area contributed by atoms with Gasteiger partial charge in [0.15, 0.2) is 5.17 Å². The molecule has 1 N–H and O–H groups in total. The minimum atomic E-state index is -0.276. The maximum atomic E-state index is 11.6. The van der Waals surface area contributed by atoms with E-state index in [0.717, 1.165) is 24.6 Å². The number of esters is 1. The molecule has 98 valence electrons. The van der Waals surface area contributed by atoms with Crippen LogP contribution in [0.2, 0.25) is 0 Å². The lowest BCUT2D eigenvalue weighted by Gasteiger charge is -2.19. The van der Waals surface area contributed by atoms with E-state index in [1.165, 1.54) is 7.11 Å². The Balaban J connectivity index is 2.52. The molecule has 1 rings (SSSR count). The standard InChI is InChI=1S/C12H22N2O2S/c1-5-9-7-13-12(17-9)14-10(6-8(2)3)11(15)16-4/h8-10H,5-7H2,1-4H3,(H,13,14). The molecule has 17 heavy (non-hydrogen) atoms. The maximum absolute atomic E-state index is 11.6. The monoisotopic (exact) mass is 258 g/mol. The third-order valence-corrected chi connectivity index (χ3v) is 3.95. The average molecular weight is 258 g/mol. The number of amidine groups is 1. The van der Waals surface area contributed by atoms with E-state index < -0.39 is 0 Å². The normalized spacial score (nSPS) is 21.2. The molecule has 0 saturated carbocycles. The molecule has 0 radical (unpaired) electrons. The molecule has 0 aliphatic carbocycles. The summed E-state index contributed by atoms with van der Waals surface area (Å²) in [6.45, 7) is 7.19. The van der Waals surface area contributed by atoms with Gasteiger partial charge in [0.2, 0.25) is 0 Å². The highest BCUT2D eigenvalue weighted by Crippen LogP contribution is 2.22. The highest BCUT2D eigenvalue weighted by atomic mass is 32.2. The van der Waals surface area contributed by atoms with Gasteiger partial charge in [-0.25, -0.2) is 4.79 Å². The molecule has 2 unspecified atom stereocenters. The minimum Gasteiger partial charge on any atom is -0.467 e. The Bertz CT molecular complexity index is 292. The van der Waals surface area contributed by atoms with E-state index in [9.17, 15) is 4.79 Å². The van der Waals surface area contributed by atoms with Crippen molar-refractivity contribution in [1.82, 2.24) is 5.32 Å². The molecule has 0 aromatic rings. The summed E-state index contributed by atoms with van der Waals surface area (Å²) in [6, 6.07) is -0.276. The van der Waals surface area contributed by atoms with Gasteiger partial charge in [0.25, 0.3) is 0 Å². The molecule has 0 spiro atoms. The van der Waals surface area contributed by atoms with E-state index in [1.807, 2.05) is 0 Å². The predicted octanol–water partition coefficient (Wildman–Crippen LogP) is 2.05. The van der Waals surface area contributed by atoms with Gasteiger partial charge in [-0.05, 0) is 18.8 Å². The van der Waals surface area contributed by atoms with Crippen molar-refractivity contribution in [3.63, 3.8) is 0 Å². The van der Waals surface area contributed by atoms with Crippen molar-refractivity contribution in [3.8, 4) is 0 Å². The zero-order valence-corrected chi connectivity index (χ0v) is 11.8. The van der Waals surface area contributed by atoms with Crippen molar-refractivity contribution in [3.05, 3.63) is 0 Å². The van der Waals surface area contributed by atoms with E-state index in [1.54, 1.807) is 11.8 Å². The van der Waals surface area contributed by atoms with Crippen LogP contribution in [0.4, 0.5) is 0 Å². The number of ether oxygens (including phenoxy) is 1. The van der Waals surface area contributed by atoms with Crippen molar-refractivity contribution in [2.45, 2.75) is 44.9 Å². The molecule has 0 fully saturated rings. The molecule has 0 saturated heterocycles. The SMILES string of the molecule is CCC1CN=C(NC(CC(C)C)C(=O)OC)S1. The quantitative estimate of drug-likeness (QED) is 0.767. The van der Waals surface area contributed by atoms with Gasteiger partial charge in [-0.2, -0.15) is 0 Å². The van der Waals surface area contributed by atoms with E-state index in [2.05, 4.69) is 31.1 Å². The lowest BCUT2D eigenvalue weighted by atomic mass is 10.0. The Morgan fingerprint density at radius 2 is 2.35 bits per heavy atom. The Hall–Kier alpha value is -0.710. The van der Waals surface area contributed by atoms with E-state index >= 15 is 0 Å². The fraction of sp³-hybridized carbons (Fsp3) is 0.833. The molecule has 1 heterocycles. The summed E-state index contributed by atoms with van der Waals surface area (Å²) in [5.41, 5.74) is 0. The Morgan fingerprint density at radius 3 is 2.82 bits per heavy atom. The zero-order chi connectivity index (χ0) is 12.8. The van der Waals surface area contributed by atoms with Gasteiger partial charge in [0, 0.05) is 5.25 Å². The largest absolute Gasteiger partial charge is 0.467 e. The molecular weight excluding hydrogens is 236 g/mol. The predicted molar refractivity (Wildman–Crippen MR) is 72.4 cm³/mol. The first kappa shape index (κ1) is 14.4. The number of carbonyl (C=O) groups is 1. The molecule has 0 aromatic heterocycles. The fourth-order valence-corrected chi connectivity index (χ4v) is 2.68. The van der Waals surface area contributed by atoms with Crippen molar-refractivity contribution in [2.75, 3.05) is 13.7 Å². The highest BCUT2D eigenvalue weighted by molar-refractivity contribution is 8.14. The lowest BCUT2D eigenvalue weighted by Crippen LogP contribution is -2.41. The maximum Gasteiger partial charge on any atom is 0.328 e. The van der Waals surface area contributed by atoms with Gasteiger partial charge in [-0.1, -0.05) is 32.5 Å². The van der Waals surface area contributed by atoms with Crippen molar-refractivity contribution in [1.29, 1.82) is 0 Å². The Kier molecular flexibility index (Phi) is 5.82. The molecule has 1 aliphatic heterocycles. The van der Waals surface area contributed by atoms with Crippen LogP contribution >= 0.6 is 11.8 Å². The number of hydrogen-bond acceptors (Lipinski definition) is 5. The summed E-state index contributed by atoms with van der Waals surface area (Å²) in [7, 11) is 1.43. The topological polar surface area (TPSA) is 50.7 Å². The molecule has 4 nitrogen and oxygen atoms in total.